The summed E-state index contributed by atoms with van der Waals surface area (Å²) in [6.07, 6.45) is 0.0249. The molecule has 450 valence electrons. The minimum atomic E-state index is -1.50. The second-order valence-electron chi connectivity index (χ2n) is 20.7. The number of carbonyl (C=O) groups excluding carboxylic acids is 10. The molecule has 0 bridgehead atoms. The molecule has 83 heavy (non-hydrogen) atoms. The first-order valence-corrected chi connectivity index (χ1v) is 27.3. The van der Waals surface area contributed by atoms with Crippen molar-refractivity contribution in [1.29, 1.82) is 0 Å². The summed E-state index contributed by atoms with van der Waals surface area (Å²) in [6, 6.07) is 13.1. The average Bonchev–Trinajstić information content (AvgIpc) is 3.97. The van der Waals surface area contributed by atoms with Crippen LogP contribution >= 0.6 is 0 Å². The lowest BCUT2D eigenvalue weighted by atomic mass is 9.99. The van der Waals surface area contributed by atoms with Crippen LogP contribution in [0, 0.1) is 5.92 Å². The monoisotopic (exact) mass is 1150 g/mol. The van der Waals surface area contributed by atoms with Crippen molar-refractivity contribution in [2.45, 2.75) is 140 Å². The quantitative estimate of drug-likeness (QED) is 0.0168. The Labute approximate surface area is 481 Å². The molecule has 0 unspecified atom stereocenters. The largest absolute Gasteiger partial charge is 0.508 e. The van der Waals surface area contributed by atoms with Gasteiger partial charge in [-0.15, -0.1) is 0 Å². The van der Waals surface area contributed by atoms with Gasteiger partial charge < -0.3 is 81.6 Å². The number of rotatable bonds is 33. The van der Waals surface area contributed by atoms with E-state index in [0.29, 0.717) is 23.1 Å². The molecule has 1 aliphatic heterocycles. The zero-order valence-electron chi connectivity index (χ0n) is 47.0. The predicted molar refractivity (Wildman–Crippen MR) is 308 cm³/mol. The van der Waals surface area contributed by atoms with E-state index in [-0.39, 0.29) is 101 Å². The van der Waals surface area contributed by atoms with Gasteiger partial charge in [0.1, 0.15) is 54.1 Å². The zero-order valence-corrected chi connectivity index (χ0v) is 47.0. The highest BCUT2D eigenvalue weighted by molar-refractivity contribution is 5.99. The maximum Gasteiger partial charge on any atom is 0.245 e. The highest BCUT2D eigenvalue weighted by Crippen LogP contribution is 2.21. The Balaban J connectivity index is 1.64. The Morgan fingerprint density at radius 2 is 0.964 bits per heavy atom. The van der Waals surface area contributed by atoms with Gasteiger partial charge in [-0.3, -0.25) is 57.9 Å². The van der Waals surface area contributed by atoms with Crippen LogP contribution in [0.25, 0.3) is 0 Å². The van der Waals surface area contributed by atoms with Gasteiger partial charge in [-0.05, 0) is 79.7 Å². The Morgan fingerprint density at radius 1 is 0.542 bits per heavy atom. The van der Waals surface area contributed by atoms with Crippen LogP contribution < -0.4 is 71.6 Å². The number of phenols is 1. The van der Waals surface area contributed by atoms with Gasteiger partial charge in [0, 0.05) is 45.8 Å². The van der Waals surface area contributed by atoms with E-state index in [2.05, 4.69) is 47.2 Å². The van der Waals surface area contributed by atoms with Crippen molar-refractivity contribution in [3.05, 3.63) is 102 Å². The smallest absolute Gasteiger partial charge is 0.245 e. The number of nitrogens with two attached hydrogens (primary N) is 6. The molecule has 3 aromatic rings. The fraction of sp³-hybridized carbons (Fsp3) is 0.464. The normalized spacial score (nSPS) is 15.3. The number of amides is 10. The molecule has 8 atom stereocenters. The van der Waals surface area contributed by atoms with Crippen LogP contribution in [0.5, 0.6) is 5.75 Å². The van der Waals surface area contributed by atoms with Crippen molar-refractivity contribution >= 4 is 71.0 Å². The standard InChI is InChI=1S/C56H80N16O11/c1-32(2)27-41(69-52(81)44(29-35-15-8-5-9-16-35)71-50(79)42(65-33(3)73)30-36-20-22-37(74)23-21-36)49(78)70-43(28-34-13-6-4-7-14-34)51(80)67-39(18-11-25-64-56(61)62)54(83)72-26-12-19-45(72)53(82)66-38(17-10-24-63-55(59)60)48(77)68-40(47(58)76)31-46(57)75/h4-9,13-16,20-23,32,38-45,74H,10-12,17-19,24-31H2,1-3H3,(H2,57,75)(H2,58,76)(H,65,73)(H,66,82)(H,67,80)(H,68,77)(H,69,81)(H,70,78)(H,71,79)(H4,59,60,63)(H4,61,62,64)/t38-,39+,40+,41+,42+,43+,44+,45+/m1/s1. The number of primary amides is 2. The van der Waals surface area contributed by atoms with Gasteiger partial charge in [0.15, 0.2) is 11.9 Å². The lowest BCUT2D eigenvalue weighted by Crippen LogP contribution is -2.60. The van der Waals surface area contributed by atoms with Crippen LogP contribution in [0.1, 0.15) is 88.8 Å². The number of guanidine groups is 2. The van der Waals surface area contributed by atoms with Crippen LogP contribution in [-0.4, -0.2) is 149 Å². The molecule has 27 nitrogen and oxygen atoms in total. The van der Waals surface area contributed by atoms with Crippen molar-refractivity contribution in [2.24, 2.45) is 50.3 Å². The summed E-state index contributed by atoms with van der Waals surface area (Å²) < 4.78 is 0. The van der Waals surface area contributed by atoms with E-state index in [1.807, 2.05) is 13.8 Å². The average molecular weight is 1150 g/mol. The van der Waals surface area contributed by atoms with E-state index < -0.39 is 114 Å². The Kier molecular flexibility index (Phi) is 26.7. The highest BCUT2D eigenvalue weighted by atomic mass is 16.3. The molecule has 27 heteroatoms. The summed E-state index contributed by atoms with van der Waals surface area (Å²) in [4.78, 5) is 146. The molecule has 1 saturated heterocycles. The molecule has 4 rings (SSSR count). The number of likely N-dealkylation sites (tertiary alicyclic amines) is 1. The van der Waals surface area contributed by atoms with Crippen molar-refractivity contribution in [1.82, 2.24) is 42.1 Å². The third-order valence-electron chi connectivity index (χ3n) is 13.3. The molecule has 1 heterocycles. The molecular formula is C56H80N16O11. The fourth-order valence-electron chi connectivity index (χ4n) is 9.23. The summed E-state index contributed by atoms with van der Waals surface area (Å²) in [5.41, 5.74) is 34.7. The summed E-state index contributed by atoms with van der Waals surface area (Å²) in [5.74, 6) is -8.47. The van der Waals surface area contributed by atoms with Crippen molar-refractivity contribution in [3.8, 4) is 5.75 Å². The summed E-state index contributed by atoms with van der Waals surface area (Å²) >= 11 is 0. The van der Waals surface area contributed by atoms with Crippen LogP contribution in [0.15, 0.2) is 94.9 Å². The summed E-state index contributed by atoms with van der Waals surface area (Å²) in [6.45, 7) is 5.05. The molecule has 3 aromatic carbocycles. The molecular weight excluding hydrogens is 1070 g/mol. The van der Waals surface area contributed by atoms with Crippen molar-refractivity contribution in [3.63, 3.8) is 0 Å². The van der Waals surface area contributed by atoms with Gasteiger partial charge in [0.05, 0.1) is 6.42 Å². The second kappa shape index (κ2) is 33.5. The summed E-state index contributed by atoms with van der Waals surface area (Å²) in [7, 11) is 0. The van der Waals surface area contributed by atoms with E-state index in [1.54, 1.807) is 72.8 Å². The number of hydrogen-bond acceptors (Lipinski definition) is 13. The maximum absolute atomic E-state index is 14.8. The number of hydrogen-bond donors (Lipinski definition) is 14. The minimum Gasteiger partial charge on any atom is -0.508 e. The number of benzene rings is 3. The van der Waals surface area contributed by atoms with Gasteiger partial charge in [-0.2, -0.15) is 0 Å². The molecule has 1 fully saturated rings. The van der Waals surface area contributed by atoms with E-state index in [1.165, 1.54) is 24.0 Å². The van der Waals surface area contributed by atoms with Crippen molar-refractivity contribution in [2.75, 3.05) is 19.6 Å². The Bertz CT molecular complexity index is 2760. The molecule has 0 spiro atoms. The molecule has 0 aromatic heterocycles. The number of nitrogens with zero attached hydrogens (tertiary/aromatic N) is 3. The number of aliphatic imine (C=N–C) groups is 2. The molecule has 10 amide bonds. The summed E-state index contributed by atoms with van der Waals surface area (Å²) in [5, 5.41) is 28.7. The van der Waals surface area contributed by atoms with Crippen LogP contribution in [0.2, 0.25) is 0 Å². The van der Waals surface area contributed by atoms with Gasteiger partial charge in [0.25, 0.3) is 0 Å². The lowest BCUT2D eigenvalue weighted by Gasteiger charge is -2.31. The molecule has 0 saturated carbocycles. The van der Waals surface area contributed by atoms with Gasteiger partial charge >= 0.3 is 0 Å². The van der Waals surface area contributed by atoms with Gasteiger partial charge in [-0.1, -0.05) is 86.6 Å². The van der Waals surface area contributed by atoms with Gasteiger partial charge in [-0.25, -0.2) is 0 Å². The van der Waals surface area contributed by atoms with E-state index >= 15 is 0 Å². The number of nitrogens with one attached hydrogen (secondary N) is 7. The predicted octanol–water partition coefficient (Wildman–Crippen LogP) is -2.66. The first-order valence-electron chi connectivity index (χ1n) is 27.3. The minimum absolute atomic E-state index is 0.00215. The number of carbonyl (C=O) groups is 10. The third kappa shape index (κ3) is 23.4. The third-order valence-corrected chi connectivity index (χ3v) is 13.3. The van der Waals surface area contributed by atoms with Crippen LogP contribution in [0.4, 0.5) is 0 Å². The van der Waals surface area contributed by atoms with Gasteiger partial charge in [0.2, 0.25) is 59.1 Å². The zero-order chi connectivity index (χ0) is 61.2. The highest BCUT2D eigenvalue weighted by Gasteiger charge is 2.40. The molecule has 0 radical (unpaired) electrons. The lowest BCUT2D eigenvalue weighted by molar-refractivity contribution is -0.142. The first kappa shape index (κ1) is 66.2. The SMILES string of the molecule is CC(=O)N[C@@H](Cc1ccc(O)cc1)C(=O)N[C@@H](Cc1ccccc1)C(=O)N[C@@H](CC(C)C)C(=O)N[C@@H](Cc1ccccc1)C(=O)N[C@@H](CCCN=C(N)N)C(=O)N1CCC[C@H]1C(=O)N[C@H](CCCN=C(N)N)C(=O)N[C@@H](CC(N)=O)C(N)=O. The Morgan fingerprint density at radius 3 is 1.42 bits per heavy atom. The van der Waals surface area contributed by atoms with E-state index in [0.717, 1.165) is 0 Å². The van der Waals surface area contributed by atoms with Crippen molar-refractivity contribution < 1.29 is 53.1 Å². The second-order valence-corrected chi connectivity index (χ2v) is 20.7. The van der Waals surface area contributed by atoms with Crippen LogP contribution in [0.3, 0.4) is 0 Å². The van der Waals surface area contributed by atoms with E-state index in [4.69, 9.17) is 34.4 Å². The van der Waals surface area contributed by atoms with E-state index in [9.17, 15) is 53.1 Å². The molecule has 1 aliphatic rings. The molecule has 0 aliphatic carbocycles. The molecule has 20 N–H and O–H groups in total. The fourth-order valence-corrected chi connectivity index (χ4v) is 9.23. The first-order chi connectivity index (χ1) is 39.4. The number of phenolic OH excluding ortho intramolecular Hbond substituents is 1. The maximum atomic E-state index is 14.8. The topological polar surface area (TPSA) is 459 Å². The Hall–Kier alpha value is -9.30. The van der Waals surface area contributed by atoms with Crippen LogP contribution in [-0.2, 0) is 67.2 Å². The number of aromatic hydroxyl groups is 1.